The average molecular weight is 258 g/mol. The molecule has 0 saturated carbocycles. The van der Waals surface area contributed by atoms with Crippen LogP contribution in [0.4, 0.5) is 18.9 Å². The summed E-state index contributed by atoms with van der Waals surface area (Å²) >= 11 is 0. The Morgan fingerprint density at radius 3 is 2.61 bits per heavy atom. The van der Waals surface area contributed by atoms with Crippen molar-refractivity contribution in [3.63, 3.8) is 0 Å². The highest BCUT2D eigenvalue weighted by Crippen LogP contribution is 2.32. The van der Waals surface area contributed by atoms with Gasteiger partial charge in [0.05, 0.1) is 5.56 Å². The third-order valence-corrected chi connectivity index (χ3v) is 3.60. The van der Waals surface area contributed by atoms with Crippen molar-refractivity contribution >= 4 is 5.69 Å². The predicted octanol–water partition coefficient (Wildman–Crippen LogP) is 2.92. The summed E-state index contributed by atoms with van der Waals surface area (Å²) in [5.74, 6) is 0. The van der Waals surface area contributed by atoms with E-state index in [9.17, 15) is 13.2 Å². The van der Waals surface area contributed by atoms with Gasteiger partial charge in [-0.15, -0.1) is 0 Å². The molecule has 0 aromatic heterocycles. The lowest BCUT2D eigenvalue weighted by Crippen LogP contribution is -2.27. The van der Waals surface area contributed by atoms with E-state index in [1.165, 1.54) is 6.07 Å². The summed E-state index contributed by atoms with van der Waals surface area (Å²) in [6.07, 6.45) is -1.38. The molecule has 0 radical (unpaired) electrons. The van der Waals surface area contributed by atoms with Gasteiger partial charge >= 0.3 is 6.18 Å². The Hall–Kier alpha value is -1.23. The minimum atomic E-state index is -4.32. The van der Waals surface area contributed by atoms with Gasteiger partial charge in [-0.3, -0.25) is 0 Å². The summed E-state index contributed by atoms with van der Waals surface area (Å²) in [7, 11) is 2.04. The second kappa shape index (κ2) is 4.80. The average Bonchev–Trinajstić information content (AvgIpc) is 2.66. The van der Waals surface area contributed by atoms with Crippen molar-refractivity contribution in [1.82, 2.24) is 4.90 Å². The van der Waals surface area contributed by atoms with Gasteiger partial charge in [-0.05, 0) is 50.6 Å². The summed E-state index contributed by atoms with van der Waals surface area (Å²) < 4.78 is 37.5. The number of nitrogens with zero attached hydrogens (tertiary/aromatic N) is 1. The van der Waals surface area contributed by atoms with Gasteiger partial charge in [0.15, 0.2) is 0 Å². The molecular weight excluding hydrogens is 241 g/mol. The van der Waals surface area contributed by atoms with Crippen LogP contribution in [0.2, 0.25) is 0 Å². The number of rotatable bonds is 2. The zero-order chi connectivity index (χ0) is 13.3. The quantitative estimate of drug-likeness (QED) is 0.826. The van der Waals surface area contributed by atoms with Crippen molar-refractivity contribution in [3.05, 3.63) is 29.3 Å². The van der Waals surface area contributed by atoms with Crippen LogP contribution in [-0.4, -0.2) is 24.5 Å². The lowest BCUT2D eigenvalue weighted by Gasteiger charge is -2.20. The zero-order valence-electron chi connectivity index (χ0n) is 10.3. The Balaban J connectivity index is 2.15. The molecule has 1 aromatic rings. The minimum Gasteiger partial charge on any atom is -0.398 e. The predicted molar refractivity (Wildman–Crippen MR) is 65.2 cm³/mol. The molecule has 1 saturated heterocycles. The smallest absolute Gasteiger partial charge is 0.398 e. The van der Waals surface area contributed by atoms with Crippen molar-refractivity contribution in [3.8, 4) is 0 Å². The maximum atomic E-state index is 12.5. The van der Waals surface area contributed by atoms with Crippen molar-refractivity contribution in [2.24, 2.45) is 0 Å². The highest BCUT2D eigenvalue weighted by atomic mass is 19.4. The Kier molecular flexibility index (Phi) is 3.52. The summed E-state index contributed by atoms with van der Waals surface area (Å²) in [6.45, 7) is 1.05. The van der Waals surface area contributed by atoms with Crippen LogP contribution in [0.3, 0.4) is 0 Å². The fourth-order valence-corrected chi connectivity index (χ4v) is 2.45. The topological polar surface area (TPSA) is 29.3 Å². The first-order chi connectivity index (χ1) is 8.38. The second-order valence-electron chi connectivity index (χ2n) is 4.89. The summed E-state index contributed by atoms with van der Waals surface area (Å²) in [5.41, 5.74) is 6.09. The molecule has 2 N–H and O–H groups in total. The van der Waals surface area contributed by atoms with Gasteiger partial charge in [-0.25, -0.2) is 0 Å². The summed E-state index contributed by atoms with van der Waals surface area (Å²) in [5, 5.41) is 0. The van der Waals surface area contributed by atoms with E-state index in [1.807, 2.05) is 7.05 Å². The number of nitrogen functional groups attached to an aromatic ring is 1. The second-order valence-corrected chi connectivity index (χ2v) is 4.89. The molecule has 1 aromatic carbocycles. The highest BCUT2D eigenvalue weighted by Gasteiger charge is 2.31. The van der Waals surface area contributed by atoms with Crippen molar-refractivity contribution in [2.75, 3.05) is 19.3 Å². The van der Waals surface area contributed by atoms with E-state index in [2.05, 4.69) is 4.90 Å². The molecular formula is C13H17F3N2. The van der Waals surface area contributed by atoms with E-state index in [0.717, 1.165) is 43.5 Å². The number of alkyl halides is 3. The molecule has 1 aliphatic heterocycles. The standard InChI is InChI=1S/C13H17F3N2/c1-18-6-2-3-11(18)7-9-4-5-10(8-12(9)17)13(14,15)16/h4-5,8,11H,2-3,6-7,17H2,1H3. The normalized spacial score (nSPS) is 21.4. The van der Waals surface area contributed by atoms with E-state index in [-0.39, 0.29) is 5.69 Å². The first-order valence-corrected chi connectivity index (χ1v) is 6.04. The largest absolute Gasteiger partial charge is 0.416 e. The highest BCUT2D eigenvalue weighted by molar-refractivity contribution is 5.50. The molecule has 0 spiro atoms. The number of anilines is 1. The zero-order valence-corrected chi connectivity index (χ0v) is 10.3. The molecule has 1 aliphatic rings. The monoisotopic (exact) mass is 258 g/mol. The molecule has 1 fully saturated rings. The first-order valence-electron chi connectivity index (χ1n) is 6.04. The van der Waals surface area contributed by atoms with Crippen molar-refractivity contribution in [2.45, 2.75) is 31.5 Å². The summed E-state index contributed by atoms with van der Waals surface area (Å²) in [6, 6.07) is 4.04. The molecule has 5 heteroatoms. The fraction of sp³-hybridized carbons (Fsp3) is 0.538. The lowest BCUT2D eigenvalue weighted by atomic mass is 10.0. The van der Waals surface area contributed by atoms with Crippen LogP contribution >= 0.6 is 0 Å². The van der Waals surface area contributed by atoms with Crippen LogP contribution < -0.4 is 5.73 Å². The Morgan fingerprint density at radius 1 is 1.39 bits per heavy atom. The van der Waals surface area contributed by atoms with Gasteiger partial charge in [-0.2, -0.15) is 13.2 Å². The van der Waals surface area contributed by atoms with E-state index < -0.39 is 11.7 Å². The lowest BCUT2D eigenvalue weighted by molar-refractivity contribution is -0.137. The summed E-state index contributed by atoms with van der Waals surface area (Å²) in [4.78, 5) is 2.23. The van der Waals surface area contributed by atoms with E-state index in [4.69, 9.17) is 5.73 Å². The number of benzene rings is 1. The number of nitrogens with two attached hydrogens (primary N) is 1. The number of hydrogen-bond donors (Lipinski definition) is 1. The van der Waals surface area contributed by atoms with Crippen LogP contribution in [0.25, 0.3) is 0 Å². The van der Waals surface area contributed by atoms with Gasteiger partial charge in [-0.1, -0.05) is 6.07 Å². The van der Waals surface area contributed by atoms with E-state index in [0.29, 0.717) is 6.04 Å². The van der Waals surface area contributed by atoms with Crippen LogP contribution in [-0.2, 0) is 12.6 Å². The molecule has 0 bridgehead atoms. The van der Waals surface area contributed by atoms with Crippen LogP contribution in [0.15, 0.2) is 18.2 Å². The molecule has 1 heterocycles. The Labute approximate surface area is 105 Å². The molecule has 100 valence electrons. The van der Waals surface area contributed by atoms with Crippen molar-refractivity contribution in [1.29, 1.82) is 0 Å². The third-order valence-electron chi connectivity index (χ3n) is 3.60. The molecule has 2 nitrogen and oxygen atoms in total. The van der Waals surface area contributed by atoms with Crippen LogP contribution in [0.1, 0.15) is 24.0 Å². The molecule has 1 atom stereocenters. The van der Waals surface area contributed by atoms with Gasteiger partial charge < -0.3 is 10.6 Å². The van der Waals surface area contributed by atoms with Crippen LogP contribution in [0.5, 0.6) is 0 Å². The Morgan fingerprint density at radius 2 is 2.11 bits per heavy atom. The van der Waals surface area contributed by atoms with Crippen molar-refractivity contribution < 1.29 is 13.2 Å². The molecule has 18 heavy (non-hydrogen) atoms. The van der Waals surface area contributed by atoms with Gasteiger partial charge in [0.25, 0.3) is 0 Å². The van der Waals surface area contributed by atoms with Gasteiger partial charge in [0.1, 0.15) is 0 Å². The number of likely N-dealkylation sites (N-methyl/N-ethyl adjacent to an activating group) is 1. The van der Waals surface area contributed by atoms with E-state index in [1.54, 1.807) is 0 Å². The molecule has 0 aliphatic carbocycles. The van der Waals surface area contributed by atoms with Crippen LogP contribution in [0, 0.1) is 0 Å². The molecule has 1 unspecified atom stereocenters. The fourth-order valence-electron chi connectivity index (χ4n) is 2.45. The number of halogens is 3. The van der Waals surface area contributed by atoms with E-state index >= 15 is 0 Å². The third kappa shape index (κ3) is 2.77. The minimum absolute atomic E-state index is 0.241. The van der Waals surface area contributed by atoms with Gasteiger partial charge in [0, 0.05) is 11.7 Å². The number of hydrogen-bond acceptors (Lipinski definition) is 2. The van der Waals surface area contributed by atoms with Gasteiger partial charge in [0.2, 0.25) is 0 Å². The SMILES string of the molecule is CN1CCCC1Cc1ccc(C(F)(F)F)cc1N. The number of likely N-dealkylation sites (tertiary alicyclic amines) is 1. The maximum absolute atomic E-state index is 12.5. The molecule has 2 rings (SSSR count). The molecule has 0 amide bonds. The first kappa shape index (κ1) is 13.2. The Bertz CT molecular complexity index is 429. The maximum Gasteiger partial charge on any atom is 0.416 e.